The molecule has 0 heterocycles. The molecule has 2 N–H and O–H groups in total. The van der Waals surface area contributed by atoms with Crippen LogP contribution in [0.2, 0.25) is 0 Å². The van der Waals surface area contributed by atoms with Crippen LogP contribution >= 0.6 is 0 Å². The molecule has 0 radical (unpaired) electrons. The maximum atomic E-state index is 10.7. The van der Waals surface area contributed by atoms with E-state index in [1.165, 1.54) is 0 Å². The maximum Gasteiger partial charge on any atom is 0.294 e. The van der Waals surface area contributed by atoms with E-state index < -0.39 is 0 Å². The lowest BCUT2D eigenvalue weighted by Crippen LogP contribution is -2.02. The largest absolute Gasteiger partial charge is 0.385 e. The van der Waals surface area contributed by atoms with Crippen molar-refractivity contribution in [1.82, 2.24) is 0 Å². The van der Waals surface area contributed by atoms with Gasteiger partial charge in [0.2, 0.25) is 0 Å². The van der Waals surface area contributed by atoms with Crippen molar-refractivity contribution >= 4 is 17.1 Å². The van der Waals surface area contributed by atoms with Gasteiger partial charge in [0.05, 0.1) is 4.92 Å². The van der Waals surface area contributed by atoms with Gasteiger partial charge in [0.25, 0.3) is 5.69 Å². The van der Waals surface area contributed by atoms with E-state index in [9.17, 15) is 10.1 Å². The second-order valence-corrected chi connectivity index (χ2v) is 3.17. The molecule has 82 valence electrons. The molecule has 0 spiro atoms. The number of nitro benzene ring substituents is 1. The minimum absolute atomic E-state index is 0.0959. The third-order valence-corrected chi connectivity index (χ3v) is 2.04. The topological polar surface area (TPSA) is 67.2 Å². The number of nitrogens with zero attached hydrogens (tertiary/aromatic N) is 1. The monoisotopic (exact) mass is 209 g/mol. The third-order valence-electron chi connectivity index (χ3n) is 2.04. The molecule has 0 fully saturated rings. The fourth-order valence-electron chi connectivity index (χ4n) is 1.27. The van der Waals surface area contributed by atoms with Gasteiger partial charge in [-0.2, -0.15) is 0 Å². The lowest BCUT2D eigenvalue weighted by atomic mass is 10.2. The molecule has 0 unspecified atom stereocenters. The molecular formula is C10H15N3O2. The quantitative estimate of drug-likeness (QED) is 0.577. The van der Waals surface area contributed by atoms with E-state index in [2.05, 4.69) is 10.6 Å². The van der Waals surface area contributed by atoms with E-state index in [1.807, 2.05) is 13.0 Å². The van der Waals surface area contributed by atoms with Crippen molar-refractivity contribution in [3.8, 4) is 0 Å². The first-order chi connectivity index (χ1) is 7.19. The number of rotatable bonds is 5. The smallest absolute Gasteiger partial charge is 0.294 e. The molecule has 0 aliphatic heterocycles. The highest BCUT2D eigenvalue weighted by atomic mass is 16.6. The van der Waals surface area contributed by atoms with Crippen molar-refractivity contribution in [3.05, 3.63) is 28.3 Å². The minimum atomic E-state index is -0.386. The van der Waals surface area contributed by atoms with E-state index in [0.29, 0.717) is 5.69 Å². The summed E-state index contributed by atoms with van der Waals surface area (Å²) < 4.78 is 0. The molecule has 0 saturated heterocycles. The van der Waals surface area contributed by atoms with E-state index in [4.69, 9.17) is 0 Å². The number of nitrogens with one attached hydrogen (secondary N) is 2. The molecule has 1 rings (SSSR count). The molecule has 1 aromatic rings. The van der Waals surface area contributed by atoms with Gasteiger partial charge in [-0.3, -0.25) is 10.1 Å². The standard InChI is InChI=1S/C10H15N3O2/c1-3-6-12-8-4-5-9(11-2)10(7-8)13(14)15/h4-5,7,11-12H,3,6H2,1-2H3. The van der Waals surface area contributed by atoms with Gasteiger partial charge in [0.15, 0.2) is 0 Å². The maximum absolute atomic E-state index is 10.7. The highest BCUT2D eigenvalue weighted by Crippen LogP contribution is 2.27. The Hall–Kier alpha value is -1.78. The third kappa shape index (κ3) is 2.83. The van der Waals surface area contributed by atoms with Crippen LogP contribution in [0.5, 0.6) is 0 Å². The fourth-order valence-corrected chi connectivity index (χ4v) is 1.27. The number of hydrogen-bond donors (Lipinski definition) is 2. The van der Waals surface area contributed by atoms with Crippen molar-refractivity contribution in [1.29, 1.82) is 0 Å². The highest BCUT2D eigenvalue weighted by molar-refractivity contribution is 5.67. The summed E-state index contributed by atoms with van der Waals surface area (Å²) in [6.45, 7) is 2.86. The summed E-state index contributed by atoms with van der Waals surface area (Å²) in [6.07, 6.45) is 0.988. The first-order valence-corrected chi connectivity index (χ1v) is 4.89. The van der Waals surface area contributed by atoms with Gasteiger partial charge >= 0.3 is 0 Å². The van der Waals surface area contributed by atoms with E-state index in [0.717, 1.165) is 18.7 Å². The predicted octanol–water partition coefficient (Wildman–Crippen LogP) is 2.46. The Kier molecular flexibility index (Phi) is 3.91. The zero-order valence-electron chi connectivity index (χ0n) is 8.91. The Bertz CT molecular complexity index is 353. The summed E-state index contributed by atoms with van der Waals surface area (Å²) in [5, 5.41) is 16.6. The number of anilines is 2. The Balaban J connectivity index is 2.94. The molecule has 5 heteroatoms. The first-order valence-electron chi connectivity index (χ1n) is 4.89. The van der Waals surface area contributed by atoms with Gasteiger partial charge in [-0.1, -0.05) is 6.92 Å². The van der Waals surface area contributed by atoms with Crippen molar-refractivity contribution in [3.63, 3.8) is 0 Å². The molecule has 0 amide bonds. The summed E-state index contributed by atoms with van der Waals surface area (Å²) in [5.41, 5.74) is 1.41. The molecule has 0 aliphatic carbocycles. The summed E-state index contributed by atoms with van der Waals surface area (Å²) >= 11 is 0. The molecule has 0 saturated carbocycles. The normalized spacial score (nSPS) is 9.73. The number of benzene rings is 1. The Morgan fingerprint density at radius 3 is 2.73 bits per heavy atom. The molecule has 0 aliphatic rings. The Morgan fingerprint density at radius 1 is 1.47 bits per heavy atom. The van der Waals surface area contributed by atoms with Crippen molar-refractivity contribution in [2.45, 2.75) is 13.3 Å². The van der Waals surface area contributed by atoms with Crippen LogP contribution in [0.1, 0.15) is 13.3 Å². The summed E-state index contributed by atoms with van der Waals surface area (Å²) in [4.78, 5) is 10.4. The summed E-state index contributed by atoms with van der Waals surface area (Å²) in [7, 11) is 1.67. The van der Waals surface area contributed by atoms with Gasteiger partial charge in [-0.25, -0.2) is 0 Å². The van der Waals surface area contributed by atoms with Crippen LogP contribution in [0, 0.1) is 10.1 Å². The molecular weight excluding hydrogens is 194 g/mol. The predicted molar refractivity (Wildman–Crippen MR) is 61.4 cm³/mol. The van der Waals surface area contributed by atoms with Crippen LogP contribution in [0.15, 0.2) is 18.2 Å². The van der Waals surface area contributed by atoms with E-state index in [1.54, 1.807) is 19.2 Å². The van der Waals surface area contributed by atoms with Crippen LogP contribution in [0.3, 0.4) is 0 Å². The van der Waals surface area contributed by atoms with Gasteiger partial charge in [0.1, 0.15) is 5.69 Å². The van der Waals surface area contributed by atoms with Gasteiger partial charge in [-0.05, 0) is 18.6 Å². The number of hydrogen-bond acceptors (Lipinski definition) is 4. The molecule has 0 bridgehead atoms. The molecule has 5 nitrogen and oxygen atoms in total. The van der Waals surface area contributed by atoms with Crippen molar-refractivity contribution < 1.29 is 4.92 Å². The van der Waals surface area contributed by atoms with Crippen molar-refractivity contribution in [2.75, 3.05) is 24.2 Å². The van der Waals surface area contributed by atoms with Crippen LogP contribution in [0.4, 0.5) is 17.1 Å². The zero-order chi connectivity index (χ0) is 11.3. The molecule has 0 atom stereocenters. The van der Waals surface area contributed by atoms with E-state index >= 15 is 0 Å². The second kappa shape index (κ2) is 5.19. The fraction of sp³-hybridized carbons (Fsp3) is 0.400. The Morgan fingerprint density at radius 2 is 2.20 bits per heavy atom. The van der Waals surface area contributed by atoms with Crippen LogP contribution in [-0.2, 0) is 0 Å². The van der Waals surface area contributed by atoms with E-state index in [-0.39, 0.29) is 10.6 Å². The Labute approximate surface area is 88.6 Å². The van der Waals surface area contributed by atoms with Crippen LogP contribution < -0.4 is 10.6 Å². The molecule has 0 aromatic heterocycles. The SMILES string of the molecule is CCCNc1ccc(NC)c([N+](=O)[O-])c1. The summed E-state index contributed by atoms with van der Waals surface area (Å²) in [5.74, 6) is 0. The van der Waals surface area contributed by atoms with Crippen LogP contribution in [-0.4, -0.2) is 18.5 Å². The highest BCUT2D eigenvalue weighted by Gasteiger charge is 2.12. The summed E-state index contributed by atoms with van der Waals surface area (Å²) in [6, 6.07) is 5.08. The number of nitro groups is 1. The van der Waals surface area contributed by atoms with Gasteiger partial charge in [0, 0.05) is 25.3 Å². The molecule has 1 aromatic carbocycles. The average Bonchev–Trinajstić information content (AvgIpc) is 2.25. The van der Waals surface area contributed by atoms with Gasteiger partial charge in [-0.15, -0.1) is 0 Å². The van der Waals surface area contributed by atoms with Gasteiger partial charge < -0.3 is 10.6 Å². The average molecular weight is 209 g/mol. The lowest BCUT2D eigenvalue weighted by molar-refractivity contribution is -0.383. The van der Waals surface area contributed by atoms with Crippen molar-refractivity contribution in [2.24, 2.45) is 0 Å². The van der Waals surface area contributed by atoms with Crippen LogP contribution in [0.25, 0.3) is 0 Å². The minimum Gasteiger partial charge on any atom is -0.385 e. The second-order valence-electron chi connectivity index (χ2n) is 3.17. The first kappa shape index (κ1) is 11.3. The lowest BCUT2D eigenvalue weighted by Gasteiger charge is -2.06. The molecule has 15 heavy (non-hydrogen) atoms. The zero-order valence-corrected chi connectivity index (χ0v) is 8.91.